The number of hydrogen-bond acceptors (Lipinski definition) is 4. The maximum atomic E-state index is 14.1. The maximum Gasteiger partial charge on any atom is 0.170 e. The van der Waals surface area contributed by atoms with E-state index in [0.717, 1.165) is 19.3 Å². The van der Waals surface area contributed by atoms with Crippen LogP contribution in [-0.4, -0.2) is 35.3 Å². The van der Waals surface area contributed by atoms with Crippen molar-refractivity contribution in [1.29, 1.82) is 0 Å². The van der Waals surface area contributed by atoms with Gasteiger partial charge >= 0.3 is 0 Å². The average Bonchev–Trinajstić information content (AvgIpc) is 2.35. The van der Waals surface area contributed by atoms with Crippen LogP contribution in [0.4, 0.5) is 10.1 Å². The first-order valence-corrected chi connectivity index (χ1v) is 6.32. The van der Waals surface area contributed by atoms with Crippen LogP contribution in [-0.2, 0) is 0 Å². The first-order chi connectivity index (χ1) is 9.17. The van der Waals surface area contributed by atoms with Crippen LogP contribution in [0.1, 0.15) is 24.8 Å². The lowest BCUT2D eigenvalue weighted by atomic mass is 9.91. The molecule has 0 saturated heterocycles. The number of rotatable bonds is 5. The fourth-order valence-corrected chi connectivity index (χ4v) is 2.26. The standard InChI is InChI=1S/C13H18FN3O2/c14-11-8-9(13(15)16-19)4-5-12(11)17(6-7-18)10-2-1-3-10/h4-5,8,10,18-19H,1-3,6-7H2,(H2,15,16). The highest BCUT2D eigenvalue weighted by atomic mass is 19.1. The average molecular weight is 267 g/mol. The first kappa shape index (κ1) is 13.6. The zero-order chi connectivity index (χ0) is 13.8. The second-order valence-electron chi connectivity index (χ2n) is 4.65. The number of hydrogen-bond donors (Lipinski definition) is 3. The number of aliphatic hydroxyl groups is 1. The van der Waals surface area contributed by atoms with Gasteiger partial charge in [-0.3, -0.25) is 0 Å². The Morgan fingerprint density at radius 1 is 1.47 bits per heavy atom. The second kappa shape index (κ2) is 5.88. The minimum absolute atomic E-state index is 0.0159. The normalized spacial score (nSPS) is 16.2. The number of amidine groups is 1. The van der Waals surface area contributed by atoms with Crippen molar-refractivity contribution < 1.29 is 14.7 Å². The molecule has 1 aromatic rings. The molecule has 0 unspecified atom stereocenters. The van der Waals surface area contributed by atoms with E-state index in [1.807, 2.05) is 4.90 Å². The van der Waals surface area contributed by atoms with Crippen LogP contribution in [0.15, 0.2) is 23.4 Å². The molecule has 0 atom stereocenters. The molecule has 5 nitrogen and oxygen atoms in total. The molecule has 1 aliphatic carbocycles. The zero-order valence-electron chi connectivity index (χ0n) is 10.6. The summed E-state index contributed by atoms with van der Waals surface area (Å²) in [7, 11) is 0. The molecule has 0 aliphatic heterocycles. The predicted octanol–water partition coefficient (Wildman–Crippen LogP) is 1.27. The minimum atomic E-state index is -0.426. The van der Waals surface area contributed by atoms with Gasteiger partial charge in [0, 0.05) is 18.2 Å². The first-order valence-electron chi connectivity index (χ1n) is 6.32. The number of nitrogens with two attached hydrogens (primary N) is 1. The van der Waals surface area contributed by atoms with Crippen LogP contribution in [0.5, 0.6) is 0 Å². The van der Waals surface area contributed by atoms with Gasteiger partial charge in [-0.05, 0) is 37.5 Å². The van der Waals surface area contributed by atoms with Gasteiger partial charge < -0.3 is 20.9 Å². The Morgan fingerprint density at radius 3 is 2.68 bits per heavy atom. The molecular formula is C13H18FN3O2. The van der Waals surface area contributed by atoms with Gasteiger partial charge in [-0.2, -0.15) is 0 Å². The highest BCUT2D eigenvalue weighted by Gasteiger charge is 2.26. The number of aliphatic hydroxyl groups excluding tert-OH is 1. The summed E-state index contributed by atoms with van der Waals surface area (Å²) in [6.07, 6.45) is 3.17. The van der Waals surface area contributed by atoms with E-state index < -0.39 is 5.82 Å². The van der Waals surface area contributed by atoms with Crippen molar-refractivity contribution in [3.63, 3.8) is 0 Å². The van der Waals surface area contributed by atoms with E-state index in [1.54, 1.807) is 12.1 Å². The molecule has 4 N–H and O–H groups in total. The van der Waals surface area contributed by atoms with E-state index in [4.69, 9.17) is 16.0 Å². The summed E-state index contributed by atoms with van der Waals surface area (Å²) in [5.41, 5.74) is 6.21. The Labute approximate surface area is 111 Å². The lowest BCUT2D eigenvalue weighted by Crippen LogP contribution is -2.42. The molecule has 1 aliphatic rings. The molecule has 19 heavy (non-hydrogen) atoms. The largest absolute Gasteiger partial charge is 0.409 e. The SMILES string of the molecule is N/C(=N/O)c1ccc(N(CCO)C2CCC2)c(F)c1. The Kier molecular flexibility index (Phi) is 4.21. The third kappa shape index (κ3) is 2.78. The van der Waals surface area contributed by atoms with E-state index in [9.17, 15) is 4.39 Å². The molecule has 0 aromatic heterocycles. The smallest absolute Gasteiger partial charge is 0.170 e. The van der Waals surface area contributed by atoms with Gasteiger partial charge in [0.1, 0.15) is 5.82 Å². The van der Waals surface area contributed by atoms with Crippen LogP contribution in [0, 0.1) is 5.82 Å². The highest BCUT2D eigenvalue weighted by molar-refractivity contribution is 5.97. The van der Waals surface area contributed by atoms with Gasteiger partial charge in [0.25, 0.3) is 0 Å². The van der Waals surface area contributed by atoms with Gasteiger partial charge in [0.15, 0.2) is 5.84 Å². The van der Waals surface area contributed by atoms with Crippen molar-refractivity contribution in [2.75, 3.05) is 18.1 Å². The molecule has 1 aromatic carbocycles. The van der Waals surface area contributed by atoms with Gasteiger partial charge in [0.05, 0.1) is 12.3 Å². The zero-order valence-corrected chi connectivity index (χ0v) is 10.6. The topological polar surface area (TPSA) is 82.1 Å². The minimum Gasteiger partial charge on any atom is -0.409 e. The van der Waals surface area contributed by atoms with E-state index >= 15 is 0 Å². The molecule has 2 rings (SSSR count). The molecule has 1 saturated carbocycles. The van der Waals surface area contributed by atoms with Crippen molar-refractivity contribution in [3.8, 4) is 0 Å². The van der Waals surface area contributed by atoms with E-state index in [1.165, 1.54) is 6.07 Å². The maximum absolute atomic E-state index is 14.1. The van der Waals surface area contributed by atoms with E-state index in [0.29, 0.717) is 17.8 Å². The Morgan fingerprint density at radius 2 is 2.21 bits per heavy atom. The lowest BCUT2D eigenvalue weighted by Gasteiger charge is -2.39. The molecule has 1 fully saturated rings. The van der Waals surface area contributed by atoms with Crippen LogP contribution in [0.25, 0.3) is 0 Å². The molecule has 104 valence electrons. The van der Waals surface area contributed by atoms with Gasteiger partial charge in [-0.15, -0.1) is 0 Å². The number of halogens is 1. The number of nitrogens with zero attached hydrogens (tertiary/aromatic N) is 2. The fourth-order valence-electron chi connectivity index (χ4n) is 2.26. The number of anilines is 1. The van der Waals surface area contributed by atoms with Crippen LogP contribution in [0.3, 0.4) is 0 Å². The van der Waals surface area contributed by atoms with Crippen LogP contribution < -0.4 is 10.6 Å². The Balaban J connectivity index is 2.27. The van der Waals surface area contributed by atoms with Crippen molar-refractivity contribution in [2.45, 2.75) is 25.3 Å². The number of oxime groups is 1. The van der Waals surface area contributed by atoms with Crippen LogP contribution >= 0.6 is 0 Å². The third-order valence-electron chi connectivity index (χ3n) is 3.52. The van der Waals surface area contributed by atoms with Crippen molar-refractivity contribution in [2.24, 2.45) is 10.9 Å². The molecule has 0 bridgehead atoms. The number of benzene rings is 1. The molecule has 6 heteroatoms. The molecule has 0 radical (unpaired) electrons. The highest BCUT2D eigenvalue weighted by Crippen LogP contribution is 2.31. The van der Waals surface area contributed by atoms with Gasteiger partial charge in [-0.1, -0.05) is 5.16 Å². The van der Waals surface area contributed by atoms with Crippen molar-refractivity contribution >= 4 is 11.5 Å². The summed E-state index contributed by atoms with van der Waals surface area (Å²) in [5.74, 6) is -0.549. The van der Waals surface area contributed by atoms with Crippen molar-refractivity contribution in [1.82, 2.24) is 0 Å². The monoisotopic (exact) mass is 267 g/mol. The third-order valence-corrected chi connectivity index (χ3v) is 3.52. The second-order valence-corrected chi connectivity index (χ2v) is 4.65. The molecule has 0 heterocycles. The van der Waals surface area contributed by atoms with Gasteiger partial charge in [-0.25, -0.2) is 4.39 Å². The molecular weight excluding hydrogens is 249 g/mol. The Hall–Kier alpha value is -1.82. The molecule has 0 spiro atoms. The van der Waals surface area contributed by atoms with Crippen LogP contribution in [0.2, 0.25) is 0 Å². The van der Waals surface area contributed by atoms with Gasteiger partial charge in [0.2, 0.25) is 0 Å². The summed E-state index contributed by atoms with van der Waals surface area (Å²) in [6.45, 7) is 0.391. The predicted molar refractivity (Wildman–Crippen MR) is 71.0 cm³/mol. The summed E-state index contributed by atoms with van der Waals surface area (Å²) in [6, 6.07) is 4.75. The Bertz CT molecular complexity index is 475. The lowest BCUT2D eigenvalue weighted by molar-refractivity contribution is 0.283. The van der Waals surface area contributed by atoms with Crippen molar-refractivity contribution in [3.05, 3.63) is 29.6 Å². The summed E-state index contributed by atoms with van der Waals surface area (Å²) >= 11 is 0. The molecule has 0 amide bonds. The van der Waals surface area contributed by atoms with E-state index in [2.05, 4.69) is 5.16 Å². The summed E-state index contributed by atoms with van der Waals surface area (Å²) in [4.78, 5) is 1.88. The fraction of sp³-hybridized carbons (Fsp3) is 0.462. The quantitative estimate of drug-likeness (QED) is 0.325. The van der Waals surface area contributed by atoms with E-state index in [-0.39, 0.29) is 18.5 Å². The summed E-state index contributed by atoms with van der Waals surface area (Å²) < 4.78 is 14.1. The summed E-state index contributed by atoms with van der Waals surface area (Å²) in [5, 5.41) is 20.5.